The second-order valence-electron chi connectivity index (χ2n) is 6.40. The number of ether oxygens (including phenoxy) is 1. The number of unbranched alkanes of at least 4 members (excludes halogenated alkanes) is 1. The van der Waals surface area contributed by atoms with Crippen LogP contribution >= 0.6 is 12.2 Å². The van der Waals surface area contributed by atoms with Gasteiger partial charge in [0.2, 0.25) is 0 Å². The summed E-state index contributed by atoms with van der Waals surface area (Å²) >= 11 is 5.21. The zero-order valence-electron chi connectivity index (χ0n) is 15.7. The van der Waals surface area contributed by atoms with Crippen molar-refractivity contribution in [3.8, 4) is 5.75 Å². The van der Waals surface area contributed by atoms with E-state index < -0.39 is 0 Å². The van der Waals surface area contributed by atoms with Gasteiger partial charge in [-0.25, -0.2) is 0 Å². The average Bonchev–Trinajstić information content (AvgIpc) is 2.60. The molecule has 6 heteroatoms. The highest BCUT2D eigenvalue weighted by Crippen LogP contribution is 2.13. The van der Waals surface area contributed by atoms with Crippen molar-refractivity contribution in [2.75, 3.05) is 6.54 Å². The lowest BCUT2D eigenvalue weighted by Gasteiger charge is -2.17. The van der Waals surface area contributed by atoms with Gasteiger partial charge in [0.05, 0.1) is 6.10 Å². The lowest BCUT2D eigenvalue weighted by molar-refractivity contribution is 0.0943. The Labute approximate surface area is 156 Å². The number of thiocarbonyl (C=S) groups is 1. The first kappa shape index (κ1) is 21.2. The van der Waals surface area contributed by atoms with Crippen molar-refractivity contribution in [2.45, 2.75) is 59.5 Å². The van der Waals surface area contributed by atoms with E-state index in [0.717, 1.165) is 18.7 Å². The molecule has 0 bridgehead atoms. The van der Waals surface area contributed by atoms with Crippen LogP contribution in [0.4, 0.5) is 0 Å². The minimum atomic E-state index is -0.238. The number of hydrazine groups is 1. The molecule has 1 aromatic rings. The summed E-state index contributed by atoms with van der Waals surface area (Å²) in [6, 6.07) is 7.02. The number of carbonyl (C=O) groups is 1. The predicted molar refractivity (Wildman–Crippen MR) is 107 cm³/mol. The number of amides is 1. The standard InChI is InChI=1S/C19H31N3O2S/c1-5-7-8-15(6-2)13-20-19(25)22-21-18(23)16-9-11-17(12-10-16)24-14(3)4/h9-12,14-15H,5-8,13H2,1-4H3,(H,21,23)(H2,20,22,25)/t15-/m1/s1. The van der Waals surface area contributed by atoms with Gasteiger partial charge in [-0.05, 0) is 62.7 Å². The molecule has 0 aliphatic heterocycles. The smallest absolute Gasteiger partial charge is 0.269 e. The molecule has 0 heterocycles. The quantitative estimate of drug-likeness (QED) is 0.459. The Balaban J connectivity index is 2.36. The Morgan fingerprint density at radius 2 is 1.84 bits per heavy atom. The van der Waals surface area contributed by atoms with E-state index in [-0.39, 0.29) is 12.0 Å². The molecule has 0 fully saturated rings. The largest absolute Gasteiger partial charge is 0.491 e. The Kier molecular flexibility index (Phi) is 9.92. The highest BCUT2D eigenvalue weighted by atomic mass is 32.1. The summed E-state index contributed by atoms with van der Waals surface area (Å²) in [5.41, 5.74) is 5.91. The number of rotatable bonds is 9. The minimum absolute atomic E-state index is 0.106. The van der Waals surface area contributed by atoms with Crippen LogP contribution in [0.25, 0.3) is 0 Å². The van der Waals surface area contributed by atoms with Crippen molar-refractivity contribution >= 4 is 23.2 Å². The molecular formula is C19H31N3O2S. The van der Waals surface area contributed by atoms with Gasteiger partial charge in [-0.3, -0.25) is 15.6 Å². The highest BCUT2D eigenvalue weighted by Gasteiger charge is 2.09. The Morgan fingerprint density at radius 3 is 2.40 bits per heavy atom. The zero-order valence-corrected chi connectivity index (χ0v) is 16.5. The van der Waals surface area contributed by atoms with Gasteiger partial charge in [-0.15, -0.1) is 0 Å². The molecule has 0 saturated heterocycles. The number of carbonyl (C=O) groups excluding carboxylic acids is 1. The normalized spacial score (nSPS) is 11.7. The molecule has 0 aliphatic carbocycles. The molecule has 0 aromatic heterocycles. The fourth-order valence-corrected chi connectivity index (χ4v) is 2.50. The SMILES string of the molecule is CCCC[C@@H](CC)CNC(=S)NNC(=O)c1ccc(OC(C)C)cc1. The molecule has 5 nitrogen and oxygen atoms in total. The van der Waals surface area contributed by atoms with E-state index in [1.807, 2.05) is 13.8 Å². The molecule has 1 aromatic carbocycles. The van der Waals surface area contributed by atoms with Gasteiger partial charge in [-0.2, -0.15) is 0 Å². The van der Waals surface area contributed by atoms with Gasteiger partial charge in [-0.1, -0.05) is 33.1 Å². The third kappa shape index (κ3) is 8.72. The van der Waals surface area contributed by atoms with E-state index in [1.54, 1.807) is 24.3 Å². The summed E-state index contributed by atoms with van der Waals surface area (Å²) in [6.45, 7) is 9.13. The van der Waals surface area contributed by atoms with Gasteiger partial charge < -0.3 is 10.1 Å². The lowest BCUT2D eigenvalue weighted by Crippen LogP contribution is -2.47. The molecular weight excluding hydrogens is 334 g/mol. The number of hydrogen-bond acceptors (Lipinski definition) is 3. The van der Waals surface area contributed by atoms with Crippen LogP contribution in [-0.4, -0.2) is 23.7 Å². The molecule has 1 atom stereocenters. The van der Waals surface area contributed by atoms with E-state index in [9.17, 15) is 4.79 Å². The highest BCUT2D eigenvalue weighted by molar-refractivity contribution is 7.80. The number of hydrogen-bond donors (Lipinski definition) is 3. The lowest BCUT2D eigenvalue weighted by atomic mass is 9.99. The summed E-state index contributed by atoms with van der Waals surface area (Å²) in [5, 5.41) is 3.60. The van der Waals surface area contributed by atoms with Crippen molar-refractivity contribution in [1.82, 2.24) is 16.2 Å². The van der Waals surface area contributed by atoms with Gasteiger partial charge in [0.25, 0.3) is 5.91 Å². The van der Waals surface area contributed by atoms with E-state index in [0.29, 0.717) is 16.6 Å². The Morgan fingerprint density at radius 1 is 1.16 bits per heavy atom. The summed E-state index contributed by atoms with van der Waals surface area (Å²) in [4.78, 5) is 12.1. The van der Waals surface area contributed by atoms with E-state index in [1.165, 1.54) is 19.3 Å². The third-order valence-electron chi connectivity index (χ3n) is 3.87. The fraction of sp³-hybridized carbons (Fsp3) is 0.579. The van der Waals surface area contributed by atoms with Gasteiger partial charge >= 0.3 is 0 Å². The summed E-state index contributed by atoms with van der Waals surface area (Å²) < 4.78 is 5.56. The molecule has 3 N–H and O–H groups in total. The van der Waals surface area contributed by atoms with Crippen LogP contribution in [0.3, 0.4) is 0 Å². The molecule has 0 aliphatic rings. The van der Waals surface area contributed by atoms with Crippen molar-refractivity contribution in [3.63, 3.8) is 0 Å². The third-order valence-corrected chi connectivity index (χ3v) is 4.12. The molecule has 1 rings (SSSR count). The Bertz CT molecular complexity index is 532. The minimum Gasteiger partial charge on any atom is -0.491 e. The van der Waals surface area contributed by atoms with Crippen LogP contribution in [0.15, 0.2) is 24.3 Å². The maximum absolute atomic E-state index is 12.1. The van der Waals surface area contributed by atoms with Crippen LogP contribution in [0.2, 0.25) is 0 Å². The second kappa shape index (κ2) is 11.7. The van der Waals surface area contributed by atoms with Crippen molar-refractivity contribution in [1.29, 1.82) is 0 Å². The monoisotopic (exact) mass is 365 g/mol. The fourth-order valence-electron chi connectivity index (χ4n) is 2.37. The first-order valence-electron chi connectivity index (χ1n) is 9.07. The number of nitrogens with one attached hydrogen (secondary N) is 3. The molecule has 0 unspecified atom stereocenters. The van der Waals surface area contributed by atoms with Crippen molar-refractivity contribution in [2.24, 2.45) is 5.92 Å². The van der Waals surface area contributed by atoms with Crippen molar-refractivity contribution in [3.05, 3.63) is 29.8 Å². The van der Waals surface area contributed by atoms with Gasteiger partial charge in [0.15, 0.2) is 5.11 Å². The van der Waals surface area contributed by atoms with Gasteiger partial charge in [0, 0.05) is 12.1 Å². The van der Waals surface area contributed by atoms with Crippen LogP contribution < -0.4 is 20.9 Å². The van der Waals surface area contributed by atoms with E-state index in [2.05, 4.69) is 30.0 Å². The zero-order chi connectivity index (χ0) is 18.7. The predicted octanol–water partition coefficient (Wildman–Crippen LogP) is 3.80. The molecule has 1 amide bonds. The second-order valence-corrected chi connectivity index (χ2v) is 6.80. The van der Waals surface area contributed by atoms with Crippen LogP contribution in [0.5, 0.6) is 5.75 Å². The van der Waals surface area contributed by atoms with Crippen molar-refractivity contribution < 1.29 is 9.53 Å². The molecule has 140 valence electrons. The summed E-state index contributed by atoms with van der Waals surface area (Å²) in [5.74, 6) is 1.11. The Hall–Kier alpha value is -1.82. The van der Waals surface area contributed by atoms with Gasteiger partial charge in [0.1, 0.15) is 5.75 Å². The first-order chi connectivity index (χ1) is 12.0. The van der Waals surface area contributed by atoms with E-state index in [4.69, 9.17) is 17.0 Å². The molecule has 0 radical (unpaired) electrons. The number of benzene rings is 1. The van der Waals surface area contributed by atoms with E-state index >= 15 is 0 Å². The molecule has 0 spiro atoms. The average molecular weight is 366 g/mol. The topological polar surface area (TPSA) is 62.4 Å². The summed E-state index contributed by atoms with van der Waals surface area (Å²) in [6.07, 6.45) is 4.85. The van der Waals surface area contributed by atoms with Crippen LogP contribution in [0.1, 0.15) is 63.7 Å². The molecule has 0 saturated carbocycles. The maximum atomic E-state index is 12.1. The van der Waals surface area contributed by atoms with Crippen LogP contribution in [0, 0.1) is 5.92 Å². The summed E-state index contributed by atoms with van der Waals surface area (Å²) in [7, 11) is 0. The maximum Gasteiger partial charge on any atom is 0.269 e. The van der Waals surface area contributed by atoms with Crippen LogP contribution in [-0.2, 0) is 0 Å². The first-order valence-corrected chi connectivity index (χ1v) is 9.47. The molecule has 25 heavy (non-hydrogen) atoms.